The van der Waals surface area contributed by atoms with E-state index >= 15 is 0 Å². The zero-order valence-corrected chi connectivity index (χ0v) is 12.0. The molecule has 0 fully saturated rings. The van der Waals surface area contributed by atoms with Gasteiger partial charge in [-0.15, -0.1) is 0 Å². The van der Waals surface area contributed by atoms with Gasteiger partial charge < -0.3 is 10.0 Å². The Balaban J connectivity index is 2.47. The van der Waals surface area contributed by atoms with Gasteiger partial charge in [0, 0.05) is 24.5 Å². The molecule has 0 aliphatic carbocycles. The molecular weight excluding hydrogens is 318 g/mol. The Morgan fingerprint density at radius 3 is 2.83 bits per heavy atom. The molecule has 1 heterocycles. The number of nitrogens with zero attached hydrogens (tertiary/aromatic N) is 3. The average molecular weight is 329 g/mol. The Hall–Kier alpha value is -1.17. The molecule has 2 aromatic rings. The second-order valence-electron chi connectivity index (χ2n) is 3.66. The minimum Gasteiger partial charge on any atom is -0.392 e. The summed E-state index contributed by atoms with van der Waals surface area (Å²) in [6.45, 7) is -0.0308. The fraction of sp³-hybridized carbons (Fsp3) is 0.167. The van der Waals surface area contributed by atoms with Crippen LogP contribution in [-0.4, -0.2) is 22.1 Å². The zero-order chi connectivity index (χ0) is 13.1. The van der Waals surface area contributed by atoms with Gasteiger partial charge in [-0.25, -0.2) is 4.98 Å². The smallest absolute Gasteiger partial charge is 0.224 e. The van der Waals surface area contributed by atoms with Crippen LogP contribution in [-0.2, 0) is 6.61 Å². The van der Waals surface area contributed by atoms with E-state index in [4.69, 9.17) is 11.6 Å². The van der Waals surface area contributed by atoms with E-state index in [1.165, 1.54) is 0 Å². The van der Waals surface area contributed by atoms with Crippen LogP contribution < -0.4 is 4.90 Å². The van der Waals surface area contributed by atoms with Crippen molar-refractivity contribution in [3.8, 4) is 0 Å². The van der Waals surface area contributed by atoms with Crippen LogP contribution in [0, 0.1) is 0 Å². The Kier molecular flexibility index (Phi) is 4.16. The summed E-state index contributed by atoms with van der Waals surface area (Å²) in [5, 5.41) is 9.52. The molecule has 1 aromatic carbocycles. The molecule has 4 nitrogen and oxygen atoms in total. The van der Waals surface area contributed by atoms with Gasteiger partial charge in [-0.05, 0) is 33.6 Å². The molecule has 0 saturated carbocycles. The highest BCUT2D eigenvalue weighted by molar-refractivity contribution is 9.10. The highest BCUT2D eigenvalue weighted by Gasteiger charge is 2.13. The molecule has 0 spiro atoms. The first-order chi connectivity index (χ1) is 8.63. The first-order valence-corrected chi connectivity index (χ1v) is 6.41. The lowest BCUT2D eigenvalue weighted by Gasteiger charge is -2.21. The van der Waals surface area contributed by atoms with E-state index in [1.807, 2.05) is 36.2 Å². The first kappa shape index (κ1) is 13.3. The van der Waals surface area contributed by atoms with Crippen LogP contribution in [0.15, 0.2) is 34.9 Å². The summed E-state index contributed by atoms with van der Waals surface area (Å²) in [5.41, 5.74) is 1.69. The van der Waals surface area contributed by atoms with E-state index in [-0.39, 0.29) is 11.9 Å². The number of hydrogen-bond acceptors (Lipinski definition) is 4. The number of para-hydroxylation sites is 1. The van der Waals surface area contributed by atoms with Gasteiger partial charge in [0.15, 0.2) is 5.82 Å². The predicted molar refractivity (Wildman–Crippen MR) is 75.2 cm³/mol. The minimum atomic E-state index is -0.0308. The number of benzene rings is 1. The molecule has 0 radical (unpaired) electrons. The molecule has 0 bridgehead atoms. The summed E-state index contributed by atoms with van der Waals surface area (Å²) >= 11 is 9.19. The molecule has 0 unspecified atom stereocenters. The fourth-order valence-electron chi connectivity index (χ4n) is 1.66. The van der Waals surface area contributed by atoms with Crippen LogP contribution in [0.2, 0.25) is 5.28 Å². The fourth-order valence-corrected chi connectivity index (χ4v) is 2.24. The van der Waals surface area contributed by atoms with Crippen molar-refractivity contribution < 1.29 is 5.11 Å². The Morgan fingerprint density at radius 2 is 2.11 bits per heavy atom. The first-order valence-electron chi connectivity index (χ1n) is 5.24. The molecule has 0 aliphatic heterocycles. The summed E-state index contributed by atoms with van der Waals surface area (Å²) < 4.78 is 0.738. The molecule has 0 saturated heterocycles. The monoisotopic (exact) mass is 327 g/mol. The van der Waals surface area contributed by atoms with Crippen LogP contribution in [0.25, 0.3) is 0 Å². The van der Waals surface area contributed by atoms with Crippen molar-refractivity contribution >= 4 is 39.0 Å². The predicted octanol–water partition coefficient (Wildman–Crippen LogP) is 3.15. The van der Waals surface area contributed by atoms with Crippen molar-refractivity contribution in [1.82, 2.24) is 9.97 Å². The minimum absolute atomic E-state index is 0.0308. The maximum Gasteiger partial charge on any atom is 0.224 e. The Labute approximate surface area is 118 Å². The van der Waals surface area contributed by atoms with E-state index in [2.05, 4.69) is 25.9 Å². The van der Waals surface area contributed by atoms with Crippen molar-refractivity contribution in [2.75, 3.05) is 11.9 Å². The number of aliphatic hydroxyl groups is 1. The lowest BCUT2D eigenvalue weighted by Crippen LogP contribution is -2.14. The summed E-state index contributed by atoms with van der Waals surface area (Å²) in [6, 6.07) is 7.56. The maximum absolute atomic E-state index is 9.34. The van der Waals surface area contributed by atoms with Crippen LogP contribution in [0.1, 0.15) is 5.56 Å². The van der Waals surface area contributed by atoms with Crippen LogP contribution in [0.5, 0.6) is 0 Å². The molecule has 1 aromatic heterocycles. The molecule has 2 rings (SSSR count). The Bertz CT molecular complexity index is 565. The molecule has 1 N–H and O–H groups in total. The lowest BCUT2D eigenvalue weighted by atomic mass is 10.1. The number of anilines is 2. The average Bonchev–Trinajstić information content (AvgIpc) is 2.40. The molecule has 0 atom stereocenters. The molecule has 0 amide bonds. The highest BCUT2D eigenvalue weighted by atomic mass is 79.9. The van der Waals surface area contributed by atoms with Gasteiger partial charge in [-0.3, -0.25) is 0 Å². The van der Waals surface area contributed by atoms with Gasteiger partial charge in [0.25, 0.3) is 0 Å². The molecular formula is C12H11BrClN3O. The van der Waals surface area contributed by atoms with Gasteiger partial charge in [0.2, 0.25) is 5.28 Å². The number of aromatic nitrogens is 2. The van der Waals surface area contributed by atoms with Gasteiger partial charge in [0.05, 0.1) is 11.1 Å². The van der Waals surface area contributed by atoms with Crippen molar-refractivity contribution in [2.24, 2.45) is 0 Å². The highest BCUT2D eigenvalue weighted by Crippen LogP contribution is 2.31. The van der Waals surface area contributed by atoms with E-state index < -0.39 is 0 Å². The third kappa shape index (κ3) is 2.63. The summed E-state index contributed by atoms with van der Waals surface area (Å²) in [6.07, 6.45) is 1.60. The van der Waals surface area contributed by atoms with E-state index in [1.54, 1.807) is 6.20 Å². The van der Waals surface area contributed by atoms with Gasteiger partial charge in [-0.2, -0.15) is 4.98 Å². The molecule has 0 aliphatic rings. The summed E-state index contributed by atoms with van der Waals surface area (Å²) in [5.74, 6) is 0.649. The SMILES string of the molecule is CN(c1ccccc1CO)c1nc(Cl)ncc1Br. The molecule has 6 heteroatoms. The second kappa shape index (κ2) is 5.65. The largest absolute Gasteiger partial charge is 0.392 e. The third-order valence-corrected chi connectivity index (χ3v) is 3.28. The zero-order valence-electron chi connectivity index (χ0n) is 9.64. The summed E-state index contributed by atoms with van der Waals surface area (Å²) in [4.78, 5) is 9.92. The van der Waals surface area contributed by atoms with Gasteiger partial charge in [0.1, 0.15) is 0 Å². The van der Waals surface area contributed by atoms with Crippen molar-refractivity contribution in [1.29, 1.82) is 0 Å². The van der Waals surface area contributed by atoms with E-state index in [9.17, 15) is 5.11 Å². The van der Waals surface area contributed by atoms with Gasteiger partial charge >= 0.3 is 0 Å². The lowest BCUT2D eigenvalue weighted by molar-refractivity contribution is 0.282. The topological polar surface area (TPSA) is 49.2 Å². The normalized spacial score (nSPS) is 10.4. The second-order valence-corrected chi connectivity index (χ2v) is 4.85. The molecule has 94 valence electrons. The summed E-state index contributed by atoms with van der Waals surface area (Å²) in [7, 11) is 1.86. The van der Waals surface area contributed by atoms with Gasteiger partial charge in [-0.1, -0.05) is 18.2 Å². The van der Waals surface area contributed by atoms with Crippen molar-refractivity contribution in [2.45, 2.75) is 6.61 Å². The van der Waals surface area contributed by atoms with Crippen LogP contribution in [0.4, 0.5) is 11.5 Å². The van der Waals surface area contributed by atoms with E-state index in [0.717, 1.165) is 15.7 Å². The number of rotatable bonds is 3. The molecule has 18 heavy (non-hydrogen) atoms. The maximum atomic E-state index is 9.34. The van der Waals surface area contributed by atoms with Crippen LogP contribution >= 0.6 is 27.5 Å². The number of aliphatic hydroxyl groups excluding tert-OH is 1. The van der Waals surface area contributed by atoms with Crippen molar-refractivity contribution in [3.05, 3.63) is 45.8 Å². The quantitative estimate of drug-likeness (QED) is 0.879. The third-order valence-electron chi connectivity index (χ3n) is 2.54. The van der Waals surface area contributed by atoms with E-state index in [0.29, 0.717) is 5.82 Å². The number of halogens is 2. The standard InChI is InChI=1S/C12H11BrClN3O/c1-17(10-5-3-2-4-8(10)7-18)11-9(13)6-15-12(14)16-11/h2-6,18H,7H2,1H3. The Morgan fingerprint density at radius 1 is 1.39 bits per heavy atom. The van der Waals surface area contributed by atoms with Crippen molar-refractivity contribution in [3.63, 3.8) is 0 Å². The number of hydrogen-bond donors (Lipinski definition) is 1. The van der Waals surface area contributed by atoms with Crippen LogP contribution in [0.3, 0.4) is 0 Å².